The first-order chi connectivity index (χ1) is 7.68. The summed E-state index contributed by atoms with van der Waals surface area (Å²) in [6.07, 6.45) is 1.71. The number of halogens is 1. The quantitative estimate of drug-likeness (QED) is 0.810. The van der Waals surface area contributed by atoms with Crippen LogP contribution in [0.15, 0.2) is 36.5 Å². The van der Waals surface area contributed by atoms with Crippen molar-refractivity contribution in [1.82, 2.24) is 4.98 Å². The molecule has 0 saturated heterocycles. The number of nitrogens with zero attached hydrogens (tertiary/aromatic N) is 1. The van der Waals surface area contributed by atoms with Crippen LogP contribution in [0, 0.1) is 6.92 Å². The molecule has 0 saturated carbocycles. The Hall–Kier alpha value is -1.74. The van der Waals surface area contributed by atoms with E-state index in [0.29, 0.717) is 22.2 Å². The number of ether oxygens (including phenoxy) is 1. The van der Waals surface area contributed by atoms with Crippen LogP contribution in [0.3, 0.4) is 0 Å². The van der Waals surface area contributed by atoms with Crippen LogP contribution in [0.5, 0.6) is 11.5 Å². The number of hydrogen-bond acceptors (Lipinski definition) is 3. The molecule has 1 aromatic carbocycles. The van der Waals surface area contributed by atoms with E-state index in [9.17, 15) is 0 Å². The van der Waals surface area contributed by atoms with Crippen molar-refractivity contribution < 1.29 is 4.74 Å². The van der Waals surface area contributed by atoms with Crippen molar-refractivity contribution in [2.75, 3.05) is 5.73 Å². The molecule has 0 fully saturated rings. The van der Waals surface area contributed by atoms with E-state index in [1.54, 1.807) is 24.4 Å². The van der Waals surface area contributed by atoms with E-state index in [-0.39, 0.29) is 0 Å². The third-order valence-electron chi connectivity index (χ3n) is 2.19. The number of aromatic nitrogens is 1. The van der Waals surface area contributed by atoms with Crippen LogP contribution in [0.4, 0.5) is 5.69 Å². The lowest BCUT2D eigenvalue weighted by atomic mass is 10.3. The number of benzene rings is 1. The molecular weight excluding hydrogens is 224 g/mol. The van der Waals surface area contributed by atoms with Gasteiger partial charge in [0, 0.05) is 6.20 Å². The van der Waals surface area contributed by atoms with E-state index in [1.807, 2.05) is 19.1 Å². The van der Waals surface area contributed by atoms with E-state index >= 15 is 0 Å². The van der Waals surface area contributed by atoms with Crippen LogP contribution >= 0.6 is 11.6 Å². The molecule has 0 amide bonds. The van der Waals surface area contributed by atoms with Crippen molar-refractivity contribution in [3.8, 4) is 11.5 Å². The maximum absolute atomic E-state index is 5.90. The lowest BCUT2D eigenvalue weighted by Crippen LogP contribution is -1.94. The predicted octanol–water partition coefficient (Wildman–Crippen LogP) is 3.42. The Bertz CT molecular complexity index is 514. The van der Waals surface area contributed by atoms with Crippen LogP contribution < -0.4 is 10.5 Å². The maximum atomic E-state index is 5.90. The summed E-state index contributed by atoms with van der Waals surface area (Å²) in [5.41, 5.74) is 7.05. The van der Waals surface area contributed by atoms with Crippen LogP contribution in [-0.4, -0.2) is 4.98 Å². The van der Waals surface area contributed by atoms with Crippen molar-refractivity contribution in [2.45, 2.75) is 6.92 Å². The number of nitrogens with two attached hydrogens (primary N) is 1. The second-order valence-corrected chi connectivity index (χ2v) is 3.75. The van der Waals surface area contributed by atoms with Crippen molar-refractivity contribution in [2.24, 2.45) is 0 Å². The second-order valence-electron chi connectivity index (χ2n) is 3.34. The summed E-state index contributed by atoms with van der Waals surface area (Å²) in [5, 5.41) is 0.485. The SMILES string of the molecule is Cc1ncccc1Oc1cccc(Cl)c1N. The molecule has 0 bridgehead atoms. The fourth-order valence-corrected chi connectivity index (χ4v) is 1.47. The number of nitrogen functional groups attached to an aromatic ring is 1. The first-order valence-corrected chi connectivity index (χ1v) is 5.20. The number of hydrogen-bond donors (Lipinski definition) is 1. The molecule has 82 valence electrons. The molecule has 1 aromatic heterocycles. The van der Waals surface area contributed by atoms with Gasteiger partial charge in [0.15, 0.2) is 5.75 Å². The van der Waals surface area contributed by atoms with Crippen LogP contribution in [-0.2, 0) is 0 Å². The molecule has 2 N–H and O–H groups in total. The molecule has 4 heteroatoms. The predicted molar refractivity (Wildman–Crippen MR) is 64.9 cm³/mol. The van der Waals surface area contributed by atoms with Gasteiger partial charge >= 0.3 is 0 Å². The fraction of sp³-hybridized carbons (Fsp3) is 0.0833. The van der Waals surface area contributed by atoms with E-state index in [1.165, 1.54) is 0 Å². The van der Waals surface area contributed by atoms with Gasteiger partial charge in [0.25, 0.3) is 0 Å². The summed E-state index contributed by atoms with van der Waals surface area (Å²) in [7, 11) is 0. The highest BCUT2D eigenvalue weighted by Gasteiger charge is 2.06. The molecule has 1 heterocycles. The average molecular weight is 235 g/mol. The number of pyridine rings is 1. The van der Waals surface area contributed by atoms with E-state index in [2.05, 4.69) is 4.98 Å². The van der Waals surface area contributed by atoms with Gasteiger partial charge < -0.3 is 10.5 Å². The Morgan fingerprint density at radius 2 is 1.94 bits per heavy atom. The zero-order chi connectivity index (χ0) is 11.5. The Kier molecular flexibility index (Phi) is 2.97. The van der Waals surface area contributed by atoms with Crippen LogP contribution in [0.1, 0.15) is 5.69 Å². The fourth-order valence-electron chi connectivity index (χ4n) is 1.30. The van der Waals surface area contributed by atoms with Gasteiger partial charge in [0.05, 0.1) is 16.4 Å². The van der Waals surface area contributed by atoms with Gasteiger partial charge in [-0.15, -0.1) is 0 Å². The van der Waals surface area contributed by atoms with E-state index in [0.717, 1.165) is 5.69 Å². The van der Waals surface area contributed by atoms with Gasteiger partial charge in [-0.3, -0.25) is 4.98 Å². The lowest BCUT2D eigenvalue weighted by Gasteiger charge is -2.10. The Labute approximate surface area is 98.8 Å². The molecule has 0 aliphatic carbocycles. The van der Waals surface area contributed by atoms with Gasteiger partial charge in [-0.05, 0) is 31.2 Å². The lowest BCUT2D eigenvalue weighted by molar-refractivity contribution is 0.478. The molecule has 0 spiro atoms. The van der Waals surface area contributed by atoms with Crippen molar-refractivity contribution in [3.05, 3.63) is 47.2 Å². The molecule has 3 nitrogen and oxygen atoms in total. The summed E-state index contributed by atoms with van der Waals surface area (Å²) in [4.78, 5) is 4.13. The molecular formula is C12H11ClN2O. The highest BCUT2D eigenvalue weighted by atomic mass is 35.5. The van der Waals surface area contributed by atoms with Gasteiger partial charge in [-0.1, -0.05) is 17.7 Å². The highest BCUT2D eigenvalue weighted by molar-refractivity contribution is 6.33. The number of aryl methyl sites for hydroxylation is 1. The summed E-state index contributed by atoms with van der Waals surface area (Å²) < 4.78 is 5.65. The Morgan fingerprint density at radius 3 is 2.69 bits per heavy atom. The Balaban J connectivity index is 2.35. The first kappa shape index (κ1) is 10.8. The topological polar surface area (TPSA) is 48.1 Å². The zero-order valence-electron chi connectivity index (χ0n) is 8.77. The maximum Gasteiger partial charge on any atom is 0.151 e. The Morgan fingerprint density at radius 1 is 1.19 bits per heavy atom. The molecule has 2 rings (SSSR count). The minimum atomic E-state index is 0.437. The normalized spacial score (nSPS) is 10.1. The summed E-state index contributed by atoms with van der Waals surface area (Å²) in [6.45, 7) is 1.87. The number of rotatable bonds is 2. The minimum Gasteiger partial charge on any atom is -0.453 e. The molecule has 16 heavy (non-hydrogen) atoms. The van der Waals surface area contributed by atoms with Crippen LogP contribution in [0.25, 0.3) is 0 Å². The van der Waals surface area contributed by atoms with Crippen molar-refractivity contribution >= 4 is 17.3 Å². The molecule has 0 unspecified atom stereocenters. The molecule has 0 aliphatic rings. The van der Waals surface area contributed by atoms with E-state index < -0.39 is 0 Å². The third-order valence-corrected chi connectivity index (χ3v) is 2.52. The number of anilines is 1. The van der Waals surface area contributed by atoms with Gasteiger partial charge in [0.1, 0.15) is 5.75 Å². The summed E-state index contributed by atoms with van der Waals surface area (Å²) in [6, 6.07) is 8.93. The highest BCUT2D eigenvalue weighted by Crippen LogP contribution is 2.33. The summed E-state index contributed by atoms with van der Waals surface area (Å²) in [5.74, 6) is 1.22. The third kappa shape index (κ3) is 2.09. The first-order valence-electron chi connectivity index (χ1n) is 4.82. The van der Waals surface area contributed by atoms with Crippen molar-refractivity contribution in [1.29, 1.82) is 0 Å². The molecule has 0 radical (unpaired) electrons. The average Bonchev–Trinajstić information content (AvgIpc) is 2.28. The standard InChI is InChI=1S/C12H11ClN2O/c1-8-10(6-3-7-15-8)16-11-5-2-4-9(13)12(11)14/h2-7H,14H2,1H3. The van der Waals surface area contributed by atoms with E-state index in [4.69, 9.17) is 22.1 Å². The molecule has 0 atom stereocenters. The summed E-state index contributed by atoms with van der Waals surface area (Å²) >= 11 is 5.90. The van der Waals surface area contributed by atoms with Crippen molar-refractivity contribution in [3.63, 3.8) is 0 Å². The van der Waals surface area contributed by atoms with Gasteiger partial charge in [0.2, 0.25) is 0 Å². The molecule has 2 aromatic rings. The monoisotopic (exact) mass is 234 g/mol. The largest absolute Gasteiger partial charge is 0.453 e. The van der Waals surface area contributed by atoms with Gasteiger partial charge in [-0.2, -0.15) is 0 Å². The molecule has 0 aliphatic heterocycles. The number of para-hydroxylation sites is 1. The second kappa shape index (κ2) is 4.41. The van der Waals surface area contributed by atoms with Crippen LogP contribution in [0.2, 0.25) is 5.02 Å². The van der Waals surface area contributed by atoms with Gasteiger partial charge in [-0.25, -0.2) is 0 Å². The zero-order valence-corrected chi connectivity index (χ0v) is 9.53. The minimum absolute atomic E-state index is 0.437. The smallest absolute Gasteiger partial charge is 0.151 e.